The Balaban J connectivity index is 1.53. The van der Waals surface area contributed by atoms with Crippen LogP contribution in [0, 0.1) is 11.8 Å². The predicted octanol–water partition coefficient (Wildman–Crippen LogP) is 6.78. The van der Waals surface area contributed by atoms with Gasteiger partial charge >= 0.3 is 12.1 Å². The van der Waals surface area contributed by atoms with Gasteiger partial charge < -0.3 is 15.7 Å². The van der Waals surface area contributed by atoms with E-state index in [4.69, 9.17) is 0 Å². The standard InChI is InChI=1S/C29H25F3N2O4S/c30-29(31,32)19-10-6-11-20(16-19)34-27(36)25(18-8-2-1-3-9-18)39-22-13-7-12-21(17-22)33-26(35)23-14-4-5-15-24(23)28(37)38/h1-13,16-17,23-25H,14-15H2,(H,33,35)(H,34,36)(H,37,38). The van der Waals surface area contributed by atoms with Crippen molar-refractivity contribution < 1.29 is 32.7 Å². The second kappa shape index (κ2) is 12.2. The summed E-state index contributed by atoms with van der Waals surface area (Å²) in [6.45, 7) is 0. The molecule has 0 aliphatic heterocycles. The Hall–Kier alpha value is -4.05. The van der Waals surface area contributed by atoms with E-state index in [1.165, 1.54) is 23.9 Å². The largest absolute Gasteiger partial charge is 0.481 e. The zero-order valence-electron chi connectivity index (χ0n) is 20.5. The van der Waals surface area contributed by atoms with E-state index in [2.05, 4.69) is 10.6 Å². The number of amides is 2. The Kier molecular flexibility index (Phi) is 8.75. The fraction of sp³-hybridized carbons (Fsp3) is 0.207. The van der Waals surface area contributed by atoms with E-state index in [1.807, 2.05) is 0 Å². The van der Waals surface area contributed by atoms with E-state index in [0.717, 1.165) is 12.1 Å². The lowest BCUT2D eigenvalue weighted by Crippen LogP contribution is -2.34. The molecule has 0 spiro atoms. The van der Waals surface area contributed by atoms with Gasteiger partial charge in [-0.25, -0.2) is 0 Å². The number of carboxylic acid groups (broad SMARTS) is 1. The summed E-state index contributed by atoms with van der Waals surface area (Å²) >= 11 is 1.17. The summed E-state index contributed by atoms with van der Waals surface area (Å²) < 4.78 is 39.4. The Labute approximate surface area is 227 Å². The fourth-order valence-electron chi connectivity index (χ4n) is 4.28. The molecule has 10 heteroatoms. The monoisotopic (exact) mass is 554 g/mol. The van der Waals surface area contributed by atoms with E-state index >= 15 is 0 Å². The van der Waals surface area contributed by atoms with Crippen molar-refractivity contribution in [3.63, 3.8) is 0 Å². The Morgan fingerprint density at radius 1 is 0.821 bits per heavy atom. The molecule has 2 amide bonds. The molecule has 0 saturated heterocycles. The van der Waals surface area contributed by atoms with Crippen molar-refractivity contribution in [2.24, 2.45) is 11.8 Å². The van der Waals surface area contributed by atoms with Crippen molar-refractivity contribution in [1.29, 1.82) is 0 Å². The topological polar surface area (TPSA) is 95.5 Å². The van der Waals surface area contributed by atoms with E-state index in [1.54, 1.807) is 66.7 Å². The number of allylic oxidation sites excluding steroid dienone is 2. The highest BCUT2D eigenvalue weighted by Crippen LogP contribution is 2.38. The molecule has 202 valence electrons. The van der Waals surface area contributed by atoms with Crippen LogP contribution in [0.5, 0.6) is 0 Å². The number of hydrogen-bond acceptors (Lipinski definition) is 4. The van der Waals surface area contributed by atoms with Gasteiger partial charge in [-0.2, -0.15) is 13.2 Å². The van der Waals surface area contributed by atoms with Crippen LogP contribution in [0.3, 0.4) is 0 Å². The van der Waals surface area contributed by atoms with Crippen LogP contribution < -0.4 is 10.6 Å². The molecular weight excluding hydrogens is 529 g/mol. The molecule has 1 aliphatic carbocycles. The van der Waals surface area contributed by atoms with Gasteiger partial charge in [-0.15, -0.1) is 11.8 Å². The normalized spacial score (nSPS) is 17.7. The Morgan fingerprint density at radius 3 is 2.13 bits per heavy atom. The van der Waals surface area contributed by atoms with Gasteiger partial charge in [0.15, 0.2) is 0 Å². The first-order chi connectivity index (χ1) is 18.6. The third-order valence-electron chi connectivity index (χ3n) is 6.24. The highest BCUT2D eigenvalue weighted by molar-refractivity contribution is 8.00. The predicted molar refractivity (Wildman–Crippen MR) is 143 cm³/mol. The number of aliphatic carboxylic acids is 1. The van der Waals surface area contributed by atoms with Gasteiger partial charge in [0.05, 0.1) is 17.4 Å². The van der Waals surface area contributed by atoms with Crippen molar-refractivity contribution in [3.8, 4) is 0 Å². The van der Waals surface area contributed by atoms with Crippen LogP contribution in [0.15, 0.2) is 95.9 Å². The first-order valence-electron chi connectivity index (χ1n) is 12.1. The first kappa shape index (κ1) is 28.0. The molecular formula is C29H25F3N2O4S. The Bertz CT molecular complexity index is 1380. The van der Waals surface area contributed by atoms with Gasteiger partial charge in [-0.1, -0.05) is 54.6 Å². The zero-order valence-corrected chi connectivity index (χ0v) is 21.3. The van der Waals surface area contributed by atoms with Crippen LogP contribution in [0.1, 0.15) is 29.2 Å². The third-order valence-corrected chi connectivity index (χ3v) is 7.49. The summed E-state index contributed by atoms with van der Waals surface area (Å²) in [4.78, 5) is 38.4. The summed E-state index contributed by atoms with van der Waals surface area (Å²) in [5.41, 5.74) is 0.228. The number of halogens is 3. The maximum Gasteiger partial charge on any atom is 0.416 e. The number of rotatable bonds is 8. The fourth-order valence-corrected chi connectivity index (χ4v) is 5.36. The third kappa shape index (κ3) is 7.29. The smallest absolute Gasteiger partial charge is 0.416 e. The molecule has 0 bridgehead atoms. The summed E-state index contributed by atoms with van der Waals surface area (Å²) in [6.07, 6.45) is -0.388. The number of nitrogens with one attached hydrogen (secondary N) is 2. The molecule has 0 heterocycles. The van der Waals surface area contributed by atoms with Gasteiger partial charge in [0.1, 0.15) is 5.25 Å². The molecule has 0 aromatic heterocycles. The van der Waals surface area contributed by atoms with E-state index < -0.39 is 46.6 Å². The minimum atomic E-state index is -4.54. The van der Waals surface area contributed by atoms with Gasteiger partial charge in [0.25, 0.3) is 0 Å². The molecule has 0 radical (unpaired) electrons. The molecule has 3 unspecified atom stereocenters. The van der Waals surface area contributed by atoms with Crippen molar-refractivity contribution in [3.05, 3.63) is 102 Å². The van der Waals surface area contributed by atoms with E-state index in [9.17, 15) is 32.7 Å². The van der Waals surface area contributed by atoms with Crippen LogP contribution in [0.25, 0.3) is 0 Å². The molecule has 39 heavy (non-hydrogen) atoms. The van der Waals surface area contributed by atoms with Crippen LogP contribution in [0.2, 0.25) is 0 Å². The second-order valence-electron chi connectivity index (χ2n) is 8.99. The minimum Gasteiger partial charge on any atom is -0.481 e. The molecule has 3 aromatic carbocycles. The van der Waals surface area contributed by atoms with Gasteiger partial charge in [0, 0.05) is 16.3 Å². The summed E-state index contributed by atoms with van der Waals surface area (Å²) in [5, 5.41) is 14.0. The van der Waals surface area contributed by atoms with E-state index in [0.29, 0.717) is 22.6 Å². The number of hydrogen-bond donors (Lipinski definition) is 3. The van der Waals surface area contributed by atoms with Gasteiger partial charge in [-0.3, -0.25) is 14.4 Å². The number of thioether (sulfide) groups is 1. The lowest BCUT2D eigenvalue weighted by atomic mass is 9.82. The molecule has 3 atom stereocenters. The van der Waals surface area contributed by atoms with E-state index in [-0.39, 0.29) is 12.1 Å². The molecule has 0 fully saturated rings. The van der Waals surface area contributed by atoms with Crippen molar-refractivity contribution >= 4 is 40.9 Å². The number of alkyl halides is 3. The highest BCUT2D eigenvalue weighted by Gasteiger charge is 2.34. The van der Waals surface area contributed by atoms with Crippen molar-refractivity contribution in [1.82, 2.24) is 0 Å². The average Bonchev–Trinajstić information content (AvgIpc) is 2.92. The lowest BCUT2D eigenvalue weighted by Gasteiger charge is -2.24. The average molecular weight is 555 g/mol. The number of carboxylic acids is 1. The van der Waals surface area contributed by atoms with Crippen LogP contribution >= 0.6 is 11.8 Å². The number of carbonyl (C=O) groups excluding carboxylic acids is 2. The number of benzene rings is 3. The minimum absolute atomic E-state index is 0.0203. The van der Waals surface area contributed by atoms with Crippen LogP contribution in [0.4, 0.5) is 24.5 Å². The second-order valence-corrected chi connectivity index (χ2v) is 10.2. The first-order valence-corrected chi connectivity index (χ1v) is 13.0. The van der Waals surface area contributed by atoms with Gasteiger partial charge in [0.2, 0.25) is 11.8 Å². The maximum absolute atomic E-state index is 13.3. The Morgan fingerprint density at radius 2 is 1.46 bits per heavy atom. The molecule has 1 aliphatic rings. The SMILES string of the molecule is O=C(Nc1cccc(C(F)(F)F)c1)C(Sc1cccc(NC(=O)C2CC=CCC2C(=O)O)c1)c1ccccc1. The lowest BCUT2D eigenvalue weighted by molar-refractivity contribution is -0.146. The highest BCUT2D eigenvalue weighted by atomic mass is 32.2. The summed E-state index contributed by atoms with van der Waals surface area (Å²) in [7, 11) is 0. The van der Waals surface area contributed by atoms with Crippen LogP contribution in [-0.2, 0) is 20.6 Å². The zero-order chi connectivity index (χ0) is 28.0. The van der Waals surface area contributed by atoms with Crippen LogP contribution in [-0.4, -0.2) is 22.9 Å². The van der Waals surface area contributed by atoms with Crippen molar-refractivity contribution in [2.45, 2.75) is 29.2 Å². The van der Waals surface area contributed by atoms with Crippen molar-refractivity contribution in [2.75, 3.05) is 10.6 Å². The quantitative estimate of drug-likeness (QED) is 0.211. The molecule has 6 nitrogen and oxygen atoms in total. The molecule has 4 rings (SSSR count). The number of carbonyl (C=O) groups is 3. The number of anilines is 2. The molecule has 0 saturated carbocycles. The van der Waals surface area contributed by atoms with Gasteiger partial charge in [-0.05, 0) is 54.8 Å². The molecule has 3 aromatic rings. The summed E-state index contributed by atoms with van der Waals surface area (Å²) in [6, 6.07) is 20.0. The maximum atomic E-state index is 13.3. The summed E-state index contributed by atoms with van der Waals surface area (Å²) in [5.74, 6) is -3.47. The molecule has 3 N–H and O–H groups in total.